The molecule has 1 aromatic carbocycles. The zero-order valence-corrected chi connectivity index (χ0v) is 12.0. The van der Waals surface area contributed by atoms with Crippen LogP contribution in [0.3, 0.4) is 0 Å². The Morgan fingerprint density at radius 3 is 2.56 bits per heavy atom. The first-order valence-electron chi connectivity index (χ1n) is 4.89. The van der Waals surface area contributed by atoms with Gasteiger partial charge in [0, 0.05) is 4.88 Å². The van der Waals surface area contributed by atoms with Crippen LogP contribution in [0.4, 0.5) is 8.78 Å². The molecule has 0 fully saturated rings. The van der Waals surface area contributed by atoms with E-state index in [1.165, 1.54) is 17.4 Å². The Bertz CT molecular complexity index is 576. The van der Waals surface area contributed by atoms with Crippen molar-refractivity contribution in [3.05, 3.63) is 55.1 Å². The summed E-state index contributed by atoms with van der Waals surface area (Å²) in [4.78, 5) is 0.814. The van der Waals surface area contributed by atoms with E-state index in [1.807, 2.05) is 0 Å². The van der Waals surface area contributed by atoms with Crippen LogP contribution in [0.1, 0.15) is 16.5 Å². The second-order valence-corrected chi connectivity index (χ2v) is 6.05. The van der Waals surface area contributed by atoms with Crippen LogP contribution in [-0.4, -0.2) is 0 Å². The molecule has 18 heavy (non-hydrogen) atoms. The van der Waals surface area contributed by atoms with E-state index in [0.717, 1.165) is 10.9 Å². The third-order valence-electron chi connectivity index (χ3n) is 2.42. The van der Waals surface area contributed by atoms with Gasteiger partial charge in [0.1, 0.15) is 0 Å². The lowest BCUT2D eigenvalue weighted by molar-refractivity contribution is 0.499. The molecule has 0 saturated carbocycles. The number of benzene rings is 1. The summed E-state index contributed by atoms with van der Waals surface area (Å²) in [5.74, 6) is 3.63. The van der Waals surface area contributed by atoms with Crippen molar-refractivity contribution < 1.29 is 8.78 Å². The summed E-state index contributed by atoms with van der Waals surface area (Å²) in [6.45, 7) is 0. The van der Waals surface area contributed by atoms with E-state index in [4.69, 9.17) is 17.4 Å². The summed E-state index contributed by atoms with van der Waals surface area (Å²) in [6, 6.07) is 5.59. The average molecular weight is 354 g/mol. The molecule has 7 heteroatoms. The van der Waals surface area contributed by atoms with Crippen LogP contribution in [0, 0.1) is 11.6 Å². The topological polar surface area (TPSA) is 38.0 Å². The van der Waals surface area contributed by atoms with Gasteiger partial charge in [-0.15, -0.1) is 11.3 Å². The molecule has 0 aliphatic heterocycles. The molecule has 0 aliphatic rings. The van der Waals surface area contributed by atoms with E-state index in [9.17, 15) is 8.78 Å². The maximum absolute atomic E-state index is 13.5. The Hall–Kier alpha value is -0.530. The predicted octanol–water partition coefficient (Wildman–Crippen LogP) is 3.99. The van der Waals surface area contributed by atoms with Gasteiger partial charge in [-0.3, -0.25) is 5.84 Å². The Kier molecular flexibility index (Phi) is 4.34. The highest BCUT2D eigenvalue weighted by Crippen LogP contribution is 2.35. The van der Waals surface area contributed by atoms with E-state index in [0.29, 0.717) is 9.90 Å². The molecule has 1 heterocycles. The van der Waals surface area contributed by atoms with Gasteiger partial charge >= 0.3 is 0 Å². The maximum Gasteiger partial charge on any atom is 0.173 e. The second kappa shape index (κ2) is 5.63. The van der Waals surface area contributed by atoms with E-state index in [-0.39, 0.29) is 4.47 Å². The van der Waals surface area contributed by atoms with Crippen molar-refractivity contribution in [2.24, 2.45) is 5.84 Å². The minimum atomic E-state index is -0.935. The molecule has 1 aromatic heterocycles. The minimum absolute atomic E-state index is 0.0509. The Labute approximate surface area is 120 Å². The molecule has 2 rings (SSSR count). The second-order valence-electron chi connectivity index (χ2n) is 3.51. The first-order valence-corrected chi connectivity index (χ1v) is 6.88. The molecule has 0 saturated heterocycles. The Balaban J connectivity index is 2.49. The lowest BCUT2D eigenvalue weighted by Gasteiger charge is -2.16. The molecule has 3 N–H and O–H groups in total. The average Bonchev–Trinajstić information content (AvgIpc) is 2.77. The number of rotatable bonds is 3. The highest BCUT2D eigenvalue weighted by molar-refractivity contribution is 9.10. The molecule has 0 bridgehead atoms. The van der Waals surface area contributed by atoms with E-state index in [1.54, 1.807) is 12.1 Å². The number of nitrogens with two attached hydrogens (primary N) is 1. The molecule has 0 aliphatic carbocycles. The first-order chi connectivity index (χ1) is 8.54. The fourth-order valence-corrected chi connectivity index (χ4v) is 3.26. The van der Waals surface area contributed by atoms with Crippen LogP contribution in [0.15, 0.2) is 28.7 Å². The van der Waals surface area contributed by atoms with E-state index in [2.05, 4.69) is 21.4 Å². The molecular weight excluding hydrogens is 346 g/mol. The van der Waals surface area contributed by atoms with Gasteiger partial charge in [0.15, 0.2) is 11.6 Å². The van der Waals surface area contributed by atoms with Crippen molar-refractivity contribution in [1.82, 2.24) is 5.43 Å². The molecule has 1 unspecified atom stereocenters. The zero-order chi connectivity index (χ0) is 13.3. The molecule has 2 aromatic rings. The van der Waals surface area contributed by atoms with Gasteiger partial charge in [-0.2, -0.15) is 0 Å². The van der Waals surface area contributed by atoms with Gasteiger partial charge < -0.3 is 0 Å². The summed E-state index contributed by atoms with van der Waals surface area (Å²) in [7, 11) is 0. The van der Waals surface area contributed by atoms with Crippen LogP contribution in [0.2, 0.25) is 4.34 Å². The number of hydrogen-bond donors (Lipinski definition) is 2. The monoisotopic (exact) mass is 352 g/mol. The van der Waals surface area contributed by atoms with Crippen molar-refractivity contribution in [2.75, 3.05) is 0 Å². The van der Waals surface area contributed by atoms with E-state index >= 15 is 0 Å². The van der Waals surface area contributed by atoms with Crippen molar-refractivity contribution in [1.29, 1.82) is 0 Å². The molecule has 0 amide bonds. The lowest BCUT2D eigenvalue weighted by Crippen LogP contribution is -2.28. The summed E-state index contributed by atoms with van der Waals surface area (Å²) >= 11 is 10.2. The number of hydrogen-bond acceptors (Lipinski definition) is 3. The Morgan fingerprint density at radius 1 is 1.28 bits per heavy atom. The van der Waals surface area contributed by atoms with E-state index < -0.39 is 17.7 Å². The zero-order valence-electron chi connectivity index (χ0n) is 8.88. The van der Waals surface area contributed by atoms with Crippen LogP contribution in [0.5, 0.6) is 0 Å². The largest absolute Gasteiger partial charge is 0.271 e. The van der Waals surface area contributed by atoms with Gasteiger partial charge in [0.2, 0.25) is 0 Å². The number of hydrazine groups is 1. The van der Waals surface area contributed by atoms with Crippen LogP contribution in [-0.2, 0) is 0 Å². The molecular formula is C11H8BrClF2N2S. The number of halogens is 4. The van der Waals surface area contributed by atoms with Gasteiger partial charge in [-0.1, -0.05) is 17.7 Å². The summed E-state index contributed by atoms with van der Waals surface area (Å²) < 4.78 is 27.2. The third kappa shape index (κ3) is 2.57. The number of thiophene rings is 1. The fourth-order valence-electron chi connectivity index (χ4n) is 1.57. The first kappa shape index (κ1) is 13.9. The Morgan fingerprint density at radius 2 is 2.00 bits per heavy atom. The van der Waals surface area contributed by atoms with Crippen molar-refractivity contribution in [2.45, 2.75) is 6.04 Å². The van der Waals surface area contributed by atoms with Crippen molar-refractivity contribution >= 4 is 38.9 Å². The maximum atomic E-state index is 13.5. The van der Waals surface area contributed by atoms with Gasteiger partial charge in [0.25, 0.3) is 0 Å². The molecule has 2 nitrogen and oxygen atoms in total. The molecule has 0 radical (unpaired) electrons. The lowest BCUT2D eigenvalue weighted by atomic mass is 10.1. The fraction of sp³-hybridized carbons (Fsp3) is 0.0909. The normalized spacial score (nSPS) is 12.7. The SMILES string of the molecule is NNC(c1ccc(Cl)s1)c1ccc(F)c(F)c1Br. The summed E-state index contributed by atoms with van der Waals surface area (Å²) in [5.41, 5.74) is 3.08. The molecule has 1 atom stereocenters. The van der Waals surface area contributed by atoms with Crippen molar-refractivity contribution in [3.8, 4) is 0 Å². The number of nitrogens with one attached hydrogen (secondary N) is 1. The highest BCUT2D eigenvalue weighted by atomic mass is 79.9. The standard InChI is InChI=1S/C11H8BrClF2N2S/c12-9-5(1-2-6(14)10(9)15)11(17-16)7-3-4-8(13)18-7/h1-4,11,17H,16H2. The molecule has 0 spiro atoms. The third-order valence-corrected chi connectivity index (χ3v) is 4.52. The quantitative estimate of drug-likeness (QED) is 0.497. The van der Waals surface area contributed by atoms with Crippen LogP contribution < -0.4 is 11.3 Å². The molecule has 96 valence electrons. The summed E-state index contributed by atoms with van der Waals surface area (Å²) in [5, 5.41) is 0. The van der Waals surface area contributed by atoms with Gasteiger partial charge in [-0.25, -0.2) is 14.2 Å². The van der Waals surface area contributed by atoms with Crippen molar-refractivity contribution in [3.63, 3.8) is 0 Å². The highest BCUT2D eigenvalue weighted by Gasteiger charge is 2.21. The minimum Gasteiger partial charge on any atom is -0.271 e. The summed E-state index contributed by atoms with van der Waals surface area (Å²) in [6.07, 6.45) is 0. The van der Waals surface area contributed by atoms with Crippen LogP contribution in [0.25, 0.3) is 0 Å². The smallest absolute Gasteiger partial charge is 0.173 e. The van der Waals surface area contributed by atoms with Crippen LogP contribution >= 0.6 is 38.9 Å². The van der Waals surface area contributed by atoms with Gasteiger partial charge in [0.05, 0.1) is 14.9 Å². The van der Waals surface area contributed by atoms with Gasteiger partial charge in [-0.05, 0) is 39.7 Å². The predicted molar refractivity (Wildman–Crippen MR) is 72.6 cm³/mol.